The number of nitrogens with zero attached hydrogens (tertiary/aromatic N) is 4. The second-order valence-corrected chi connectivity index (χ2v) is 6.71. The van der Waals surface area contributed by atoms with Gasteiger partial charge in [-0.2, -0.15) is 10.1 Å². The average molecular weight is 385 g/mol. The second-order valence-electron chi connectivity index (χ2n) is 5.86. The fourth-order valence-corrected chi connectivity index (χ4v) is 3.11. The molecule has 1 saturated carbocycles. The summed E-state index contributed by atoms with van der Waals surface area (Å²) in [7, 11) is 0. The van der Waals surface area contributed by atoms with Crippen LogP contribution in [0, 0.1) is 0 Å². The van der Waals surface area contributed by atoms with Crippen LogP contribution in [-0.4, -0.2) is 19.9 Å². The Balaban J connectivity index is 1.61. The van der Waals surface area contributed by atoms with Crippen LogP contribution in [0.1, 0.15) is 42.5 Å². The molecule has 0 bridgehead atoms. The van der Waals surface area contributed by atoms with E-state index in [2.05, 4.69) is 15.2 Å². The van der Waals surface area contributed by atoms with Gasteiger partial charge in [-0.25, -0.2) is 8.78 Å². The first-order chi connectivity index (χ1) is 12.0. The molecule has 2 aromatic heterocycles. The number of benzene rings is 1. The van der Waals surface area contributed by atoms with Crippen molar-refractivity contribution >= 4 is 23.2 Å². The van der Waals surface area contributed by atoms with Gasteiger partial charge in [0.05, 0.1) is 5.02 Å². The van der Waals surface area contributed by atoms with E-state index in [1.54, 1.807) is 18.2 Å². The molecule has 5 nitrogen and oxygen atoms in total. The molecule has 0 saturated heterocycles. The van der Waals surface area contributed by atoms with Crippen LogP contribution >= 0.6 is 23.2 Å². The zero-order valence-corrected chi connectivity index (χ0v) is 14.3. The third kappa shape index (κ3) is 3.39. The minimum absolute atomic E-state index is 0.136. The van der Waals surface area contributed by atoms with Crippen LogP contribution in [0.3, 0.4) is 0 Å². The molecule has 0 amide bonds. The molecule has 0 unspecified atom stereocenters. The molecule has 9 heteroatoms. The van der Waals surface area contributed by atoms with Crippen LogP contribution in [0.4, 0.5) is 8.78 Å². The molecule has 130 valence electrons. The predicted octanol–water partition coefficient (Wildman–Crippen LogP) is 5.10. The van der Waals surface area contributed by atoms with Crippen molar-refractivity contribution in [3.63, 3.8) is 0 Å². The lowest BCUT2D eigenvalue weighted by molar-refractivity contribution is 0.145. The molecule has 1 aromatic carbocycles. The van der Waals surface area contributed by atoms with Gasteiger partial charge in [0.1, 0.15) is 12.2 Å². The van der Waals surface area contributed by atoms with Crippen LogP contribution in [0.15, 0.2) is 28.8 Å². The first kappa shape index (κ1) is 16.5. The number of alkyl halides is 2. The minimum Gasteiger partial charge on any atom is -0.337 e. The van der Waals surface area contributed by atoms with E-state index in [4.69, 9.17) is 27.7 Å². The van der Waals surface area contributed by atoms with Crippen LogP contribution in [0.5, 0.6) is 0 Å². The summed E-state index contributed by atoms with van der Waals surface area (Å²) in [6.45, 7) is 0.136. The first-order valence-corrected chi connectivity index (χ1v) is 8.40. The van der Waals surface area contributed by atoms with Crippen molar-refractivity contribution in [3.8, 4) is 11.4 Å². The van der Waals surface area contributed by atoms with Gasteiger partial charge in [0.15, 0.2) is 0 Å². The summed E-state index contributed by atoms with van der Waals surface area (Å²) in [5.41, 5.74) is 1.12. The van der Waals surface area contributed by atoms with E-state index >= 15 is 0 Å². The van der Waals surface area contributed by atoms with E-state index in [9.17, 15) is 8.78 Å². The summed E-state index contributed by atoms with van der Waals surface area (Å²) in [5.74, 6) is 0.853. The molecule has 2 heterocycles. The molecule has 0 N–H and O–H groups in total. The maximum absolute atomic E-state index is 12.9. The highest BCUT2D eigenvalue weighted by molar-refractivity contribution is 6.36. The van der Waals surface area contributed by atoms with Crippen molar-refractivity contribution in [2.75, 3.05) is 0 Å². The van der Waals surface area contributed by atoms with E-state index in [1.807, 2.05) is 0 Å². The van der Waals surface area contributed by atoms with Gasteiger partial charge in [-0.3, -0.25) is 4.68 Å². The lowest BCUT2D eigenvalue weighted by Crippen LogP contribution is -2.06. The summed E-state index contributed by atoms with van der Waals surface area (Å²) in [4.78, 5) is 4.29. The zero-order valence-electron chi connectivity index (χ0n) is 12.8. The number of rotatable bonds is 5. The SMILES string of the molecule is FC(F)c1cc(C2CC2)n(Cc2nc(-c3ccc(Cl)cc3Cl)no2)n1. The third-order valence-electron chi connectivity index (χ3n) is 3.97. The summed E-state index contributed by atoms with van der Waals surface area (Å²) < 4.78 is 32.6. The lowest BCUT2D eigenvalue weighted by atomic mass is 10.2. The molecule has 25 heavy (non-hydrogen) atoms. The van der Waals surface area contributed by atoms with E-state index in [0.29, 0.717) is 21.4 Å². The molecule has 0 radical (unpaired) electrons. The average Bonchev–Trinajstić information content (AvgIpc) is 3.15. The number of hydrogen-bond acceptors (Lipinski definition) is 4. The van der Waals surface area contributed by atoms with Gasteiger partial charge in [-0.1, -0.05) is 28.4 Å². The molecule has 0 spiro atoms. The van der Waals surface area contributed by atoms with E-state index in [1.165, 1.54) is 10.7 Å². The van der Waals surface area contributed by atoms with E-state index in [0.717, 1.165) is 18.5 Å². The van der Waals surface area contributed by atoms with Crippen molar-refractivity contribution in [2.24, 2.45) is 0 Å². The highest BCUT2D eigenvalue weighted by Gasteiger charge is 2.30. The number of aromatic nitrogens is 4. The molecule has 1 aliphatic rings. The van der Waals surface area contributed by atoms with Crippen molar-refractivity contribution < 1.29 is 13.3 Å². The van der Waals surface area contributed by atoms with Crippen molar-refractivity contribution in [1.82, 2.24) is 19.9 Å². The first-order valence-electron chi connectivity index (χ1n) is 7.65. The van der Waals surface area contributed by atoms with Crippen LogP contribution in [-0.2, 0) is 6.54 Å². The summed E-state index contributed by atoms with van der Waals surface area (Å²) in [5, 5.41) is 8.78. The van der Waals surface area contributed by atoms with Gasteiger partial charge in [-0.15, -0.1) is 0 Å². The van der Waals surface area contributed by atoms with Gasteiger partial charge in [0, 0.05) is 22.2 Å². The fraction of sp³-hybridized carbons (Fsp3) is 0.312. The number of halogens is 4. The molecule has 3 aromatic rings. The summed E-state index contributed by atoms with van der Waals surface area (Å²) in [6.07, 6.45) is -0.655. The quantitative estimate of drug-likeness (QED) is 0.613. The highest BCUT2D eigenvalue weighted by atomic mass is 35.5. The molecule has 1 fully saturated rings. The highest BCUT2D eigenvalue weighted by Crippen LogP contribution is 2.41. The third-order valence-corrected chi connectivity index (χ3v) is 4.52. The maximum atomic E-state index is 12.9. The molecule has 1 aliphatic carbocycles. The Bertz CT molecular complexity index is 921. The van der Waals surface area contributed by atoms with Gasteiger partial charge >= 0.3 is 0 Å². The predicted molar refractivity (Wildman–Crippen MR) is 88.0 cm³/mol. The van der Waals surface area contributed by atoms with Gasteiger partial charge in [-0.05, 0) is 37.1 Å². The van der Waals surface area contributed by atoms with Crippen molar-refractivity contribution in [1.29, 1.82) is 0 Å². The minimum atomic E-state index is -2.61. The van der Waals surface area contributed by atoms with Crippen LogP contribution < -0.4 is 0 Å². The van der Waals surface area contributed by atoms with Crippen molar-refractivity contribution in [3.05, 3.63) is 51.6 Å². The molecule has 4 rings (SSSR count). The monoisotopic (exact) mass is 384 g/mol. The zero-order chi connectivity index (χ0) is 17.6. The van der Waals surface area contributed by atoms with Crippen LogP contribution in [0.25, 0.3) is 11.4 Å². The Kier molecular flexibility index (Phi) is 4.21. The normalized spacial score (nSPS) is 14.4. The van der Waals surface area contributed by atoms with Crippen LogP contribution in [0.2, 0.25) is 10.0 Å². The van der Waals surface area contributed by atoms with Gasteiger partial charge in [0.25, 0.3) is 6.43 Å². The Morgan fingerprint density at radius 3 is 2.72 bits per heavy atom. The fourth-order valence-electron chi connectivity index (χ4n) is 2.62. The summed E-state index contributed by atoms with van der Waals surface area (Å²) in [6, 6.07) is 6.40. The van der Waals surface area contributed by atoms with Crippen molar-refractivity contribution in [2.45, 2.75) is 31.7 Å². The largest absolute Gasteiger partial charge is 0.337 e. The smallest absolute Gasteiger partial charge is 0.282 e. The molecular formula is C16H12Cl2F2N4O. The molecule has 0 aliphatic heterocycles. The molecular weight excluding hydrogens is 373 g/mol. The molecule has 0 atom stereocenters. The Labute approximate surface area is 151 Å². The van der Waals surface area contributed by atoms with E-state index in [-0.39, 0.29) is 24.0 Å². The Hall–Kier alpha value is -1.99. The van der Waals surface area contributed by atoms with Gasteiger partial charge < -0.3 is 4.52 Å². The second kappa shape index (κ2) is 6.38. The van der Waals surface area contributed by atoms with E-state index < -0.39 is 6.43 Å². The standard InChI is InChI=1S/C16H12Cl2F2N4O/c17-9-3-4-10(11(18)5-9)16-21-14(25-23-16)7-24-13(8-1-2-8)6-12(22-24)15(19)20/h3-6,8,15H,1-2,7H2. The summed E-state index contributed by atoms with van der Waals surface area (Å²) >= 11 is 12.0. The maximum Gasteiger partial charge on any atom is 0.282 e. The lowest BCUT2D eigenvalue weighted by Gasteiger charge is -2.02. The topological polar surface area (TPSA) is 56.7 Å². The number of hydrogen-bond donors (Lipinski definition) is 0. The van der Waals surface area contributed by atoms with Gasteiger partial charge in [0.2, 0.25) is 11.7 Å². The Morgan fingerprint density at radius 1 is 1.24 bits per heavy atom. The Morgan fingerprint density at radius 2 is 2.04 bits per heavy atom.